The van der Waals surface area contributed by atoms with Gasteiger partial charge in [0.15, 0.2) is 0 Å². The summed E-state index contributed by atoms with van der Waals surface area (Å²) in [6.45, 7) is 0. The predicted octanol–water partition coefficient (Wildman–Crippen LogP) is 7.63. The Morgan fingerprint density at radius 1 is 0.581 bits per heavy atom. The molecule has 5 aromatic carbocycles. The fourth-order valence-corrected chi connectivity index (χ4v) is 4.83. The van der Waals surface area contributed by atoms with Crippen molar-refractivity contribution in [2.75, 3.05) is 5.73 Å². The Hall–Kier alpha value is -3.40. The van der Waals surface area contributed by atoms with E-state index in [9.17, 15) is 10.2 Å². The zero-order valence-electron chi connectivity index (χ0n) is 16.2. The number of halogens is 2. The van der Waals surface area contributed by atoms with Gasteiger partial charge in [-0.1, -0.05) is 89.9 Å². The highest BCUT2D eigenvalue weighted by atomic mass is 35.5. The van der Waals surface area contributed by atoms with Gasteiger partial charge in [0.1, 0.15) is 11.5 Å². The average molecular weight is 446 g/mol. The molecule has 0 aliphatic heterocycles. The number of rotatable bonds is 2. The molecule has 5 heteroatoms. The topological polar surface area (TPSA) is 66.5 Å². The molecule has 0 saturated heterocycles. The van der Waals surface area contributed by atoms with Crippen LogP contribution in [-0.4, -0.2) is 10.2 Å². The number of hydrogen-bond donors (Lipinski definition) is 3. The predicted molar refractivity (Wildman–Crippen MR) is 130 cm³/mol. The van der Waals surface area contributed by atoms with Gasteiger partial charge in [0.2, 0.25) is 0 Å². The van der Waals surface area contributed by atoms with Crippen LogP contribution in [0, 0.1) is 0 Å². The maximum Gasteiger partial charge on any atom is 0.125 e. The van der Waals surface area contributed by atoms with Crippen LogP contribution in [0.1, 0.15) is 0 Å². The van der Waals surface area contributed by atoms with Crippen LogP contribution in [0.3, 0.4) is 0 Å². The fourth-order valence-electron chi connectivity index (χ4n) is 4.09. The van der Waals surface area contributed by atoms with E-state index in [0.717, 1.165) is 21.5 Å². The highest BCUT2D eigenvalue weighted by molar-refractivity contribution is 6.40. The molecule has 0 aromatic heterocycles. The minimum atomic E-state index is 0.0291. The number of benzene rings is 5. The molecular weight excluding hydrogens is 429 g/mol. The number of phenolic OH excluding ortho intramolecular Hbond substituents is 2. The Balaban J connectivity index is 1.79. The number of fused-ring (bicyclic) bond motifs is 2. The SMILES string of the molecule is Nc1c(-c2c(O)cc3ccccc3c2Cl)cccc1-c1c(O)cc2ccccc2c1Cl. The summed E-state index contributed by atoms with van der Waals surface area (Å²) in [5.74, 6) is 0.0581. The number of aromatic hydroxyl groups is 2. The second-order valence-corrected chi connectivity index (χ2v) is 8.13. The molecule has 5 aromatic rings. The summed E-state index contributed by atoms with van der Waals surface area (Å²) in [5, 5.41) is 25.6. The summed E-state index contributed by atoms with van der Waals surface area (Å²) in [6, 6.07) is 23.8. The van der Waals surface area contributed by atoms with E-state index in [4.69, 9.17) is 28.9 Å². The van der Waals surface area contributed by atoms with E-state index in [1.165, 1.54) is 0 Å². The summed E-state index contributed by atoms with van der Waals surface area (Å²) < 4.78 is 0. The molecule has 4 N–H and O–H groups in total. The largest absolute Gasteiger partial charge is 0.507 e. The van der Waals surface area contributed by atoms with Crippen molar-refractivity contribution in [2.45, 2.75) is 0 Å². The molecule has 152 valence electrons. The lowest BCUT2D eigenvalue weighted by Crippen LogP contribution is -1.96. The van der Waals surface area contributed by atoms with Crippen molar-refractivity contribution in [1.82, 2.24) is 0 Å². The van der Waals surface area contributed by atoms with Crippen LogP contribution in [0.4, 0.5) is 5.69 Å². The van der Waals surface area contributed by atoms with E-state index in [-0.39, 0.29) is 11.5 Å². The zero-order chi connectivity index (χ0) is 21.7. The van der Waals surface area contributed by atoms with Gasteiger partial charge >= 0.3 is 0 Å². The maximum absolute atomic E-state index is 10.8. The first-order valence-corrected chi connectivity index (χ1v) is 10.4. The van der Waals surface area contributed by atoms with Crippen molar-refractivity contribution >= 4 is 50.4 Å². The lowest BCUT2D eigenvalue weighted by Gasteiger charge is -2.17. The van der Waals surface area contributed by atoms with E-state index in [2.05, 4.69) is 0 Å². The van der Waals surface area contributed by atoms with Crippen LogP contribution < -0.4 is 5.73 Å². The quantitative estimate of drug-likeness (QED) is 0.244. The van der Waals surface area contributed by atoms with E-state index >= 15 is 0 Å². The Labute approximate surface area is 188 Å². The molecule has 0 radical (unpaired) electrons. The molecule has 5 rings (SSSR count). The van der Waals surface area contributed by atoms with Crippen molar-refractivity contribution in [2.24, 2.45) is 0 Å². The minimum absolute atomic E-state index is 0.0291. The fraction of sp³-hybridized carbons (Fsp3) is 0. The van der Waals surface area contributed by atoms with Gasteiger partial charge in [-0.2, -0.15) is 0 Å². The Kier molecular flexibility index (Phi) is 4.66. The molecule has 0 heterocycles. The van der Waals surface area contributed by atoms with Gasteiger partial charge in [0.25, 0.3) is 0 Å². The Bertz CT molecular complexity index is 1390. The van der Waals surface area contributed by atoms with Gasteiger partial charge in [-0.15, -0.1) is 0 Å². The van der Waals surface area contributed by atoms with E-state index in [0.29, 0.717) is 38.0 Å². The molecule has 0 amide bonds. The zero-order valence-corrected chi connectivity index (χ0v) is 17.7. The molecule has 0 atom stereocenters. The lowest BCUT2D eigenvalue weighted by atomic mass is 9.92. The van der Waals surface area contributed by atoms with Gasteiger partial charge in [-0.05, 0) is 22.9 Å². The third kappa shape index (κ3) is 3.05. The van der Waals surface area contributed by atoms with E-state index in [1.54, 1.807) is 30.3 Å². The van der Waals surface area contributed by atoms with Crippen LogP contribution in [0.5, 0.6) is 11.5 Å². The third-order valence-corrected chi connectivity index (χ3v) is 6.36. The van der Waals surface area contributed by atoms with Crippen LogP contribution >= 0.6 is 23.2 Å². The van der Waals surface area contributed by atoms with Gasteiger partial charge < -0.3 is 15.9 Å². The normalized spacial score (nSPS) is 11.3. The van der Waals surface area contributed by atoms with Crippen LogP contribution in [0.2, 0.25) is 10.0 Å². The number of para-hydroxylation sites is 1. The summed E-state index contributed by atoms with van der Waals surface area (Å²) in [5.41, 5.74) is 8.95. The number of nitrogens with two attached hydrogens (primary N) is 1. The van der Waals surface area contributed by atoms with E-state index < -0.39 is 0 Å². The number of hydrogen-bond acceptors (Lipinski definition) is 3. The Morgan fingerprint density at radius 3 is 1.45 bits per heavy atom. The first-order chi connectivity index (χ1) is 15.0. The number of phenols is 2. The first-order valence-electron chi connectivity index (χ1n) is 9.67. The maximum atomic E-state index is 10.8. The lowest BCUT2D eigenvalue weighted by molar-refractivity contribution is 0.478. The minimum Gasteiger partial charge on any atom is -0.507 e. The number of anilines is 1. The average Bonchev–Trinajstić information content (AvgIpc) is 2.76. The summed E-state index contributed by atoms with van der Waals surface area (Å²) in [6.07, 6.45) is 0. The molecule has 0 unspecified atom stereocenters. The van der Waals surface area contributed by atoms with Crippen LogP contribution in [-0.2, 0) is 0 Å². The number of nitrogen functional groups attached to an aromatic ring is 1. The Morgan fingerprint density at radius 2 is 1.00 bits per heavy atom. The molecule has 0 fully saturated rings. The molecule has 31 heavy (non-hydrogen) atoms. The van der Waals surface area contributed by atoms with Crippen molar-refractivity contribution in [3.63, 3.8) is 0 Å². The van der Waals surface area contributed by atoms with Crippen molar-refractivity contribution < 1.29 is 10.2 Å². The molecule has 0 bridgehead atoms. The molecular formula is C26H17Cl2NO2. The molecule has 0 aliphatic carbocycles. The van der Waals surface area contributed by atoms with Gasteiger partial charge in [0, 0.05) is 38.7 Å². The molecule has 0 spiro atoms. The smallest absolute Gasteiger partial charge is 0.125 e. The first kappa shape index (κ1) is 19.6. The standard InChI is InChI=1S/C26H17Cl2NO2/c27-24-16-8-3-1-6-14(16)12-20(30)22(24)18-10-5-11-19(26(18)29)23-21(31)13-15-7-2-4-9-17(15)25(23)28/h1-13,30-31H,29H2. The third-order valence-electron chi connectivity index (χ3n) is 5.58. The molecule has 3 nitrogen and oxygen atoms in total. The second-order valence-electron chi connectivity index (χ2n) is 7.38. The highest BCUT2D eigenvalue weighted by Crippen LogP contribution is 2.48. The summed E-state index contributed by atoms with van der Waals surface area (Å²) in [7, 11) is 0. The van der Waals surface area contributed by atoms with Crippen LogP contribution in [0.25, 0.3) is 43.8 Å². The van der Waals surface area contributed by atoms with Crippen LogP contribution in [0.15, 0.2) is 78.9 Å². The van der Waals surface area contributed by atoms with Gasteiger partial charge in [-0.25, -0.2) is 0 Å². The van der Waals surface area contributed by atoms with Gasteiger partial charge in [0.05, 0.1) is 10.0 Å². The highest BCUT2D eigenvalue weighted by Gasteiger charge is 2.21. The monoisotopic (exact) mass is 445 g/mol. The van der Waals surface area contributed by atoms with E-state index in [1.807, 2.05) is 48.5 Å². The summed E-state index contributed by atoms with van der Waals surface area (Å²) in [4.78, 5) is 0. The second kappa shape index (κ2) is 7.38. The van der Waals surface area contributed by atoms with Crippen molar-refractivity contribution in [3.05, 3.63) is 88.9 Å². The molecule has 0 saturated carbocycles. The summed E-state index contributed by atoms with van der Waals surface area (Å²) >= 11 is 13.4. The van der Waals surface area contributed by atoms with Gasteiger partial charge in [-0.3, -0.25) is 0 Å². The van der Waals surface area contributed by atoms with Crippen molar-refractivity contribution in [3.8, 4) is 33.8 Å². The molecule has 0 aliphatic rings. The van der Waals surface area contributed by atoms with Crippen molar-refractivity contribution in [1.29, 1.82) is 0 Å².